The van der Waals surface area contributed by atoms with E-state index >= 15 is 0 Å². The van der Waals surface area contributed by atoms with Crippen molar-refractivity contribution < 1.29 is 0 Å². The molecule has 0 atom stereocenters. The number of nitrogens with zero attached hydrogens (tertiary/aromatic N) is 2. The van der Waals surface area contributed by atoms with Gasteiger partial charge in [-0.1, -0.05) is 28.1 Å². The second-order valence-electron chi connectivity index (χ2n) is 4.53. The molecule has 2 aromatic rings. The first-order valence-corrected chi connectivity index (χ1v) is 6.88. The van der Waals surface area contributed by atoms with Crippen molar-refractivity contribution in [2.24, 2.45) is 0 Å². The maximum atomic E-state index is 4.68. The molecule has 0 unspecified atom stereocenters. The summed E-state index contributed by atoms with van der Waals surface area (Å²) in [5.41, 5.74) is 2.21. The molecule has 92 valence electrons. The molecule has 0 bridgehead atoms. The Morgan fingerprint density at radius 3 is 2.50 bits per heavy atom. The van der Waals surface area contributed by atoms with Gasteiger partial charge in [0.1, 0.15) is 5.82 Å². The molecule has 0 spiro atoms. The third-order valence-electron chi connectivity index (χ3n) is 3.10. The number of aromatic nitrogens is 2. The smallest absolute Gasteiger partial charge is 0.161 e. The standard InChI is InChI=1S/C14H14BrN3/c1-16-13-8-12(9-2-3-9)17-14(18-13)10-4-6-11(15)7-5-10/h4-9H,2-3H2,1H3,(H,16,17,18). The van der Waals surface area contributed by atoms with Crippen molar-refractivity contribution in [2.45, 2.75) is 18.8 Å². The Labute approximate surface area is 115 Å². The van der Waals surface area contributed by atoms with E-state index in [1.54, 1.807) is 0 Å². The highest BCUT2D eigenvalue weighted by Gasteiger charge is 2.26. The molecule has 3 nitrogen and oxygen atoms in total. The van der Waals surface area contributed by atoms with Crippen LogP contribution in [0.2, 0.25) is 0 Å². The van der Waals surface area contributed by atoms with Crippen LogP contribution in [0, 0.1) is 0 Å². The van der Waals surface area contributed by atoms with Gasteiger partial charge < -0.3 is 5.32 Å². The minimum atomic E-state index is 0.634. The first kappa shape index (κ1) is 11.7. The molecule has 1 aromatic heterocycles. The zero-order valence-corrected chi connectivity index (χ0v) is 11.7. The topological polar surface area (TPSA) is 37.8 Å². The number of benzene rings is 1. The van der Waals surface area contributed by atoms with E-state index in [0.717, 1.165) is 27.4 Å². The molecule has 1 aromatic carbocycles. The molecule has 1 fully saturated rings. The van der Waals surface area contributed by atoms with E-state index in [9.17, 15) is 0 Å². The maximum absolute atomic E-state index is 4.68. The molecule has 3 rings (SSSR count). The first-order valence-electron chi connectivity index (χ1n) is 6.09. The van der Waals surface area contributed by atoms with Crippen LogP contribution < -0.4 is 5.32 Å². The molecule has 4 heteroatoms. The summed E-state index contributed by atoms with van der Waals surface area (Å²) in [7, 11) is 1.89. The second kappa shape index (κ2) is 4.69. The Bertz CT molecular complexity index is 562. The largest absolute Gasteiger partial charge is 0.373 e. The predicted molar refractivity (Wildman–Crippen MR) is 76.7 cm³/mol. The van der Waals surface area contributed by atoms with E-state index in [-0.39, 0.29) is 0 Å². The molecule has 0 saturated heterocycles. The lowest BCUT2D eigenvalue weighted by molar-refractivity contribution is 0.994. The fourth-order valence-electron chi connectivity index (χ4n) is 1.91. The van der Waals surface area contributed by atoms with Crippen LogP contribution in [0.25, 0.3) is 11.4 Å². The monoisotopic (exact) mass is 303 g/mol. The maximum Gasteiger partial charge on any atom is 0.161 e. The third-order valence-corrected chi connectivity index (χ3v) is 3.63. The molecule has 0 amide bonds. The van der Waals surface area contributed by atoms with E-state index in [4.69, 9.17) is 0 Å². The van der Waals surface area contributed by atoms with Gasteiger partial charge in [-0.05, 0) is 25.0 Å². The molecular formula is C14H14BrN3. The van der Waals surface area contributed by atoms with Crippen LogP contribution in [0.4, 0.5) is 5.82 Å². The highest BCUT2D eigenvalue weighted by Crippen LogP contribution is 2.40. The Balaban J connectivity index is 2.04. The summed E-state index contributed by atoms with van der Waals surface area (Å²) >= 11 is 3.44. The van der Waals surface area contributed by atoms with Crippen LogP contribution in [0.15, 0.2) is 34.8 Å². The van der Waals surface area contributed by atoms with Gasteiger partial charge in [-0.25, -0.2) is 9.97 Å². The average Bonchev–Trinajstić information content (AvgIpc) is 3.23. The first-order chi connectivity index (χ1) is 8.76. The van der Waals surface area contributed by atoms with Gasteiger partial charge in [0.05, 0.1) is 0 Å². The molecule has 0 aliphatic heterocycles. The molecule has 1 aliphatic carbocycles. The van der Waals surface area contributed by atoms with Crippen molar-refractivity contribution in [2.75, 3.05) is 12.4 Å². The molecule has 1 N–H and O–H groups in total. The second-order valence-corrected chi connectivity index (χ2v) is 5.45. The summed E-state index contributed by atoms with van der Waals surface area (Å²) in [6.07, 6.45) is 2.50. The zero-order valence-electron chi connectivity index (χ0n) is 10.2. The lowest BCUT2D eigenvalue weighted by atomic mass is 10.2. The number of hydrogen-bond donors (Lipinski definition) is 1. The van der Waals surface area contributed by atoms with Gasteiger partial charge in [0.2, 0.25) is 0 Å². The van der Waals surface area contributed by atoms with Crippen LogP contribution in [0.3, 0.4) is 0 Å². The Morgan fingerprint density at radius 1 is 1.17 bits per heavy atom. The predicted octanol–water partition coefficient (Wildman–Crippen LogP) is 3.83. The number of anilines is 1. The fraction of sp³-hybridized carbons (Fsp3) is 0.286. The normalized spacial score (nSPS) is 14.6. The summed E-state index contributed by atoms with van der Waals surface area (Å²) < 4.78 is 1.07. The average molecular weight is 304 g/mol. The van der Waals surface area contributed by atoms with Crippen LogP contribution in [-0.2, 0) is 0 Å². The van der Waals surface area contributed by atoms with Crippen molar-refractivity contribution in [3.8, 4) is 11.4 Å². The summed E-state index contributed by atoms with van der Waals surface area (Å²) in [5.74, 6) is 2.33. The fourth-order valence-corrected chi connectivity index (χ4v) is 2.17. The highest BCUT2D eigenvalue weighted by atomic mass is 79.9. The van der Waals surface area contributed by atoms with Gasteiger partial charge >= 0.3 is 0 Å². The van der Waals surface area contributed by atoms with Gasteiger partial charge in [0, 0.05) is 34.8 Å². The molecule has 18 heavy (non-hydrogen) atoms. The lowest BCUT2D eigenvalue weighted by Crippen LogP contribution is -2.00. The minimum Gasteiger partial charge on any atom is -0.373 e. The third kappa shape index (κ3) is 2.38. The Hall–Kier alpha value is -1.42. The van der Waals surface area contributed by atoms with E-state index < -0.39 is 0 Å². The van der Waals surface area contributed by atoms with E-state index in [1.807, 2.05) is 31.3 Å². The van der Waals surface area contributed by atoms with E-state index in [1.165, 1.54) is 12.8 Å². The van der Waals surface area contributed by atoms with Gasteiger partial charge in [-0.3, -0.25) is 0 Å². The Kier molecular flexibility index (Phi) is 3.04. The summed E-state index contributed by atoms with van der Waals surface area (Å²) in [6, 6.07) is 10.2. The van der Waals surface area contributed by atoms with Crippen molar-refractivity contribution in [1.29, 1.82) is 0 Å². The lowest BCUT2D eigenvalue weighted by Gasteiger charge is -2.07. The minimum absolute atomic E-state index is 0.634. The molecule has 0 radical (unpaired) electrons. The number of hydrogen-bond acceptors (Lipinski definition) is 3. The molecular weight excluding hydrogens is 290 g/mol. The molecule has 1 aliphatic rings. The zero-order chi connectivity index (χ0) is 12.5. The van der Waals surface area contributed by atoms with Crippen molar-refractivity contribution in [3.05, 3.63) is 40.5 Å². The SMILES string of the molecule is CNc1cc(C2CC2)nc(-c2ccc(Br)cc2)n1. The van der Waals surface area contributed by atoms with Crippen LogP contribution in [-0.4, -0.2) is 17.0 Å². The van der Waals surface area contributed by atoms with Crippen molar-refractivity contribution >= 4 is 21.7 Å². The van der Waals surface area contributed by atoms with Crippen LogP contribution >= 0.6 is 15.9 Å². The Morgan fingerprint density at radius 2 is 1.89 bits per heavy atom. The summed E-state index contributed by atoms with van der Waals surface area (Å²) in [4.78, 5) is 9.20. The van der Waals surface area contributed by atoms with E-state index in [0.29, 0.717) is 5.92 Å². The number of nitrogens with one attached hydrogen (secondary N) is 1. The van der Waals surface area contributed by atoms with Crippen LogP contribution in [0.5, 0.6) is 0 Å². The summed E-state index contributed by atoms with van der Waals surface area (Å²) in [5, 5.41) is 3.11. The van der Waals surface area contributed by atoms with Crippen LogP contribution in [0.1, 0.15) is 24.5 Å². The van der Waals surface area contributed by atoms with Gasteiger partial charge in [0.25, 0.3) is 0 Å². The number of halogens is 1. The van der Waals surface area contributed by atoms with Gasteiger partial charge in [-0.15, -0.1) is 0 Å². The molecule has 1 heterocycles. The van der Waals surface area contributed by atoms with Gasteiger partial charge in [-0.2, -0.15) is 0 Å². The van der Waals surface area contributed by atoms with Crippen molar-refractivity contribution in [3.63, 3.8) is 0 Å². The summed E-state index contributed by atoms with van der Waals surface area (Å²) in [6.45, 7) is 0. The van der Waals surface area contributed by atoms with Crippen molar-refractivity contribution in [1.82, 2.24) is 9.97 Å². The molecule has 1 saturated carbocycles. The highest BCUT2D eigenvalue weighted by molar-refractivity contribution is 9.10. The number of rotatable bonds is 3. The van der Waals surface area contributed by atoms with Gasteiger partial charge in [0.15, 0.2) is 5.82 Å². The quantitative estimate of drug-likeness (QED) is 0.936. The van der Waals surface area contributed by atoms with E-state index in [2.05, 4.69) is 37.3 Å².